The molecule has 0 saturated heterocycles. The van der Waals surface area contributed by atoms with E-state index < -0.39 is 11.7 Å². The summed E-state index contributed by atoms with van der Waals surface area (Å²) in [6, 6.07) is 14.1. The molecule has 2 N–H and O–H groups in total. The first kappa shape index (κ1) is 26.5. The molecule has 190 valence electrons. The monoisotopic (exact) mass is 491 g/mol. The quantitative estimate of drug-likeness (QED) is 0.442. The summed E-state index contributed by atoms with van der Waals surface area (Å²) in [5.41, 5.74) is 1.71. The molecule has 0 aliphatic heterocycles. The van der Waals surface area contributed by atoms with Gasteiger partial charge in [-0.1, -0.05) is 24.3 Å². The van der Waals surface area contributed by atoms with Crippen molar-refractivity contribution in [3.63, 3.8) is 0 Å². The number of para-hydroxylation sites is 1. The Bertz CT molecular complexity index is 1180. The number of carbonyl (C=O) groups excluding carboxylic acids is 3. The van der Waals surface area contributed by atoms with Crippen molar-refractivity contribution in [3.8, 4) is 0 Å². The highest BCUT2D eigenvalue weighted by Gasteiger charge is 2.22. The minimum Gasteiger partial charge on any atom is -0.444 e. The van der Waals surface area contributed by atoms with Crippen LogP contribution in [0.2, 0.25) is 0 Å². The molecule has 0 atom stereocenters. The van der Waals surface area contributed by atoms with Crippen molar-refractivity contribution in [1.29, 1.82) is 0 Å². The van der Waals surface area contributed by atoms with Gasteiger partial charge in [0.1, 0.15) is 5.60 Å². The van der Waals surface area contributed by atoms with Crippen molar-refractivity contribution in [1.82, 2.24) is 14.5 Å². The highest BCUT2D eigenvalue weighted by atomic mass is 16.6. The summed E-state index contributed by atoms with van der Waals surface area (Å²) in [6.45, 7) is 8.60. The lowest BCUT2D eigenvalue weighted by atomic mass is 10.1. The van der Waals surface area contributed by atoms with Crippen LogP contribution in [0.4, 0.5) is 16.2 Å². The van der Waals surface area contributed by atoms with Crippen LogP contribution in [0.5, 0.6) is 0 Å². The predicted molar refractivity (Wildman–Crippen MR) is 139 cm³/mol. The van der Waals surface area contributed by atoms with E-state index in [0.717, 1.165) is 5.56 Å². The molecule has 3 aromatic rings. The van der Waals surface area contributed by atoms with Crippen molar-refractivity contribution in [2.45, 2.75) is 52.8 Å². The number of aryl methyl sites for hydroxylation is 1. The first-order valence-electron chi connectivity index (χ1n) is 11.9. The lowest BCUT2D eigenvalue weighted by Gasteiger charge is -2.27. The molecule has 1 heterocycles. The molecule has 0 spiro atoms. The highest BCUT2D eigenvalue weighted by Crippen LogP contribution is 2.21. The second-order valence-corrected chi connectivity index (χ2v) is 9.29. The Morgan fingerprint density at radius 2 is 1.83 bits per heavy atom. The largest absolute Gasteiger partial charge is 0.444 e. The fourth-order valence-electron chi connectivity index (χ4n) is 3.42. The number of benzene rings is 2. The van der Waals surface area contributed by atoms with Gasteiger partial charge in [0.05, 0.1) is 12.9 Å². The molecule has 0 fully saturated rings. The molecule has 0 unspecified atom stereocenters. The highest BCUT2D eigenvalue weighted by molar-refractivity contribution is 6.05. The van der Waals surface area contributed by atoms with Crippen molar-refractivity contribution >= 4 is 29.3 Å². The van der Waals surface area contributed by atoms with Crippen molar-refractivity contribution in [3.05, 3.63) is 78.4 Å². The van der Waals surface area contributed by atoms with E-state index in [1.165, 1.54) is 0 Å². The maximum atomic E-state index is 13.0. The lowest BCUT2D eigenvalue weighted by Crippen LogP contribution is -2.36. The van der Waals surface area contributed by atoms with Crippen molar-refractivity contribution in [2.75, 3.05) is 17.2 Å². The van der Waals surface area contributed by atoms with Crippen LogP contribution < -0.4 is 10.6 Å². The van der Waals surface area contributed by atoms with Crippen LogP contribution >= 0.6 is 0 Å². The maximum absolute atomic E-state index is 13.0. The van der Waals surface area contributed by atoms with Crippen LogP contribution in [0.3, 0.4) is 0 Å². The minimum absolute atomic E-state index is 0.159. The molecular formula is C27H33N5O4. The molecule has 3 amide bonds. The second kappa shape index (κ2) is 12.0. The Kier molecular flexibility index (Phi) is 8.83. The number of imidazole rings is 1. The Labute approximate surface area is 211 Å². The van der Waals surface area contributed by atoms with Crippen LogP contribution in [0.1, 0.15) is 50.0 Å². The van der Waals surface area contributed by atoms with E-state index in [4.69, 9.17) is 4.74 Å². The van der Waals surface area contributed by atoms with Crippen LogP contribution in [0.25, 0.3) is 0 Å². The van der Waals surface area contributed by atoms with E-state index in [1.807, 2.05) is 50.5 Å². The van der Waals surface area contributed by atoms with E-state index in [9.17, 15) is 14.4 Å². The molecule has 0 saturated carbocycles. The Morgan fingerprint density at radius 1 is 1.06 bits per heavy atom. The summed E-state index contributed by atoms with van der Waals surface area (Å²) in [6.07, 6.45) is 4.98. The summed E-state index contributed by atoms with van der Waals surface area (Å²) in [5.74, 6) is -0.481. The SMILES string of the molecule is CCN(Cc1ccccc1NC(=O)c1cccc(NC(=O)CCn2ccnc2)c1)C(=O)OC(C)(C)C. The van der Waals surface area contributed by atoms with Gasteiger partial charge in [0.2, 0.25) is 5.91 Å². The topological polar surface area (TPSA) is 106 Å². The molecule has 1 aromatic heterocycles. The Morgan fingerprint density at radius 3 is 2.53 bits per heavy atom. The zero-order chi connectivity index (χ0) is 26.1. The number of hydrogen-bond acceptors (Lipinski definition) is 5. The van der Waals surface area contributed by atoms with Gasteiger partial charge >= 0.3 is 6.09 Å². The number of nitrogens with zero attached hydrogens (tertiary/aromatic N) is 3. The van der Waals surface area contributed by atoms with Crippen molar-refractivity contribution in [2.24, 2.45) is 0 Å². The van der Waals surface area contributed by atoms with E-state index in [0.29, 0.717) is 30.0 Å². The third-order valence-electron chi connectivity index (χ3n) is 5.22. The van der Waals surface area contributed by atoms with Gasteiger partial charge in [0, 0.05) is 48.8 Å². The standard InChI is InChI=1S/C27H33N5O4/c1-5-32(26(35)36-27(2,3)4)18-21-9-6-7-12-23(21)30-25(34)20-10-8-11-22(17-20)29-24(33)13-15-31-16-14-28-19-31/h6-12,14,16-17,19H,5,13,15,18H2,1-4H3,(H,29,33)(H,30,34). The average Bonchev–Trinajstić information content (AvgIpc) is 3.35. The number of ether oxygens (including phenoxy) is 1. The van der Waals surface area contributed by atoms with Gasteiger partial charge in [-0.3, -0.25) is 9.59 Å². The zero-order valence-corrected chi connectivity index (χ0v) is 21.2. The zero-order valence-electron chi connectivity index (χ0n) is 21.2. The third kappa shape index (κ3) is 7.97. The molecule has 0 bridgehead atoms. The van der Waals surface area contributed by atoms with Gasteiger partial charge in [-0.05, 0) is 57.5 Å². The van der Waals surface area contributed by atoms with Crippen LogP contribution in [0, 0.1) is 0 Å². The summed E-state index contributed by atoms with van der Waals surface area (Å²) >= 11 is 0. The third-order valence-corrected chi connectivity index (χ3v) is 5.22. The first-order valence-corrected chi connectivity index (χ1v) is 11.9. The number of nitrogens with one attached hydrogen (secondary N) is 2. The van der Waals surface area contributed by atoms with Crippen molar-refractivity contribution < 1.29 is 19.1 Å². The Hall–Kier alpha value is -4.14. The average molecular weight is 492 g/mol. The fourth-order valence-corrected chi connectivity index (χ4v) is 3.42. The van der Waals surface area contributed by atoms with Gasteiger partial charge in [0.15, 0.2) is 0 Å². The molecule has 2 aromatic carbocycles. The van der Waals surface area contributed by atoms with E-state index in [2.05, 4.69) is 15.6 Å². The fraction of sp³-hybridized carbons (Fsp3) is 0.333. The molecule has 36 heavy (non-hydrogen) atoms. The molecule has 3 rings (SSSR count). The van der Waals surface area contributed by atoms with E-state index in [-0.39, 0.29) is 24.8 Å². The van der Waals surface area contributed by atoms with E-state index >= 15 is 0 Å². The van der Waals surface area contributed by atoms with Gasteiger partial charge in [0.25, 0.3) is 5.91 Å². The summed E-state index contributed by atoms with van der Waals surface area (Å²) in [4.78, 5) is 43.4. The molecule has 0 radical (unpaired) electrons. The maximum Gasteiger partial charge on any atom is 0.410 e. The molecule has 0 aliphatic carbocycles. The normalized spacial score (nSPS) is 11.0. The second-order valence-electron chi connectivity index (χ2n) is 9.29. The van der Waals surface area contributed by atoms with E-state index in [1.54, 1.807) is 54.0 Å². The summed E-state index contributed by atoms with van der Waals surface area (Å²) in [5, 5.41) is 5.76. The number of amides is 3. The predicted octanol–water partition coefficient (Wildman–Crippen LogP) is 4.92. The first-order chi connectivity index (χ1) is 17.1. The Balaban J connectivity index is 1.65. The number of hydrogen-bond donors (Lipinski definition) is 2. The van der Waals surface area contributed by atoms with Gasteiger partial charge in [-0.2, -0.15) is 0 Å². The number of aromatic nitrogens is 2. The minimum atomic E-state index is -0.599. The smallest absolute Gasteiger partial charge is 0.410 e. The van der Waals surface area contributed by atoms with Crippen LogP contribution in [-0.4, -0.2) is 44.5 Å². The molecule has 0 aliphatic rings. The van der Waals surface area contributed by atoms with Gasteiger partial charge in [-0.25, -0.2) is 9.78 Å². The number of carbonyl (C=O) groups is 3. The number of anilines is 2. The van der Waals surface area contributed by atoms with Crippen LogP contribution in [-0.2, 0) is 22.6 Å². The summed E-state index contributed by atoms with van der Waals surface area (Å²) < 4.78 is 7.32. The molecule has 9 nitrogen and oxygen atoms in total. The summed E-state index contributed by atoms with van der Waals surface area (Å²) in [7, 11) is 0. The van der Waals surface area contributed by atoms with Crippen LogP contribution in [0.15, 0.2) is 67.3 Å². The number of rotatable bonds is 9. The molecular weight excluding hydrogens is 458 g/mol. The molecule has 9 heteroatoms. The lowest BCUT2D eigenvalue weighted by molar-refractivity contribution is -0.116. The van der Waals surface area contributed by atoms with Gasteiger partial charge < -0.3 is 24.8 Å². The van der Waals surface area contributed by atoms with Gasteiger partial charge in [-0.15, -0.1) is 0 Å².